The fraction of sp³-hybridized carbons (Fsp3) is 0.167. The second kappa shape index (κ2) is 6.12. The Kier molecular flexibility index (Phi) is 4.64. The first kappa shape index (κ1) is 15.9. The van der Waals surface area contributed by atoms with E-state index in [-0.39, 0.29) is 4.90 Å². The number of carbonyl (C=O) groups excluding carboxylic acids is 1. The van der Waals surface area contributed by atoms with Crippen LogP contribution >= 0.6 is 27.5 Å². The van der Waals surface area contributed by atoms with Crippen LogP contribution in [0.4, 0.5) is 9.80 Å². The summed E-state index contributed by atoms with van der Waals surface area (Å²) in [4.78, 5) is 11.8. The molecule has 1 aromatic heterocycles. The number of amides is 2. The van der Waals surface area contributed by atoms with Crippen LogP contribution in [-0.4, -0.2) is 18.8 Å². The molecule has 1 aromatic carbocycles. The van der Waals surface area contributed by atoms with Crippen LogP contribution in [0.1, 0.15) is 11.3 Å². The summed E-state index contributed by atoms with van der Waals surface area (Å²) in [6.07, 6.45) is 0. The molecule has 2 amide bonds. The Bertz CT molecular complexity index is 787. The molecule has 2 N–H and O–H groups in total. The van der Waals surface area contributed by atoms with Crippen molar-refractivity contribution < 1.29 is 13.2 Å². The van der Waals surface area contributed by atoms with Crippen LogP contribution < -0.4 is 10.0 Å². The van der Waals surface area contributed by atoms with Gasteiger partial charge in [0.1, 0.15) is 5.00 Å². The topological polar surface area (TPSA) is 88.2 Å². The molecule has 0 spiro atoms. The van der Waals surface area contributed by atoms with Crippen molar-refractivity contribution in [3.05, 3.63) is 40.0 Å². The van der Waals surface area contributed by atoms with Crippen molar-refractivity contribution in [2.24, 2.45) is 0 Å². The van der Waals surface area contributed by atoms with Gasteiger partial charge in [0.05, 0.1) is 15.1 Å². The zero-order valence-corrected chi connectivity index (χ0v) is 14.4. The lowest BCUT2D eigenvalue weighted by molar-refractivity contribution is 0.256. The minimum Gasteiger partial charge on any atom is -0.296 e. The Morgan fingerprint density at radius 2 is 2.05 bits per heavy atom. The van der Waals surface area contributed by atoms with Gasteiger partial charge in [-0.15, -0.1) is 0 Å². The molecular weight excluding hydrogens is 378 g/mol. The number of benzene rings is 1. The van der Waals surface area contributed by atoms with Gasteiger partial charge in [-0.3, -0.25) is 5.32 Å². The van der Waals surface area contributed by atoms with Gasteiger partial charge in [0.25, 0.3) is 10.0 Å². The fourth-order valence-corrected chi connectivity index (χ4v) is 3.75. The summed E-state index contributed by atoms with van der Waals surface area (Å²) in [6.45, 7) is 3.55. The van der Waals surface area contributed by atoms with E-state index in [0.717, 1.165) is 22.8 Å². The van der Waals surface area contributed by atoms with Crippen molar-refractivity contribution in [3.63, 3.8) is 0 Å². The maximum atomic E-state index is 12.1. The highest BCUT2D eigenvalue weighted by molar-refractivity contribution is 9.10. The number of hydrogen-bond acceptors (Lipinski definition) is 5. The number of hydrogen-bond donors (Lipinski definition) is 2. The standard InChI is InChI=1S/C12H12BrN3O3S2/c1-7-4-3-5-9(6-7)21(18,19)16-12(17)14-11-10(13)8(2)15-20-11/h3-6H,1-2H3,(H2,14,16,17). The molecule has 9 heteroatoms. The average Bonchev–Trinajstić information content (AvgIpc) is 2.70. The van der Waals surface area contributed by atoms with E-state index in [9.17, 15) is 13.2 Å². The van der Waals surface area contributed by atoms with Crippen molar-refractivity contribution in [1.29, 1.82) is 0 Å². The lowest BCUT2D eigenvalue weighted by Gasteiger charge is -2.08. The number of aromatic nitrogens is 1. The Hall–Kier alpha value is -1.45. The minimum atomic E-state index is -3.90. The number of halogens is 1. The average molecular weight is 390 g/mol. The van der Waals surface area contributed by atoms with Crippen LogP contribution in [0.3, 0.4) is 0 Å². The van der Waals surface area contributed by atoms with Gasteiger partial charge < -0.3 is 0 Å². The summed E-state index contributed by atoms with van der Waals surface area (Å²) in [5.41, 5.74) is 1.51. The third kappa shape index (κ3) is 3.80. The summed E-state index contributed by atoms with van der Waals surface area (Å²) >= 11 is 4.33. The molecular formula is C12H12BrN3O3S2. The summed E-state index contributed by atoms with van der Waals surface area (Å²) < 4.78 is 30.8. The summed E-state index contributed by atoms with van der Waals surface area (Å²) in [7, 11) is -3.90. The molecule has 0 radical (unpaired) electrons. The number of urea groups is 1. The van der Waals surface area contributed by atoms with Crippen LogP contribution in [-0.2, 0) is 10.0 Å². The van der Waals surface area contributed by atoms with Gasteiger partial charge in [-0.1, -0.05) is 12.1 Å². The number of nitrogens with one attached hydrogen (secondary N) is 2. The lowest BCUT2D eigenvalue weighted by atomic mass is 10.2. The van der Waals surface area contributed by atoms with E-state index >= 15 is 0 Å². The van der Waals surface area contributed by atoms with Crippen molar-refractivity contribution in [3.8, 4) is 0 Å². The molecule has 0 saturated heterocycles. The molecule has 0 saturated carbocycles. The first-order valence-corrected chi connectivity index (χ1v) is 8.87. The van der Waals surface area contributed by atoms with Crippen LogP contribution in [0, 0.1) is 13.8 Å². The number of sulfonamides is 1. The molecule has 112 valence electrons. The molecule has 0 aliphatic heterocycles. The van der Waals surface area contributed by atoms with E-state index in [1.807, 2.05) is 4.72 Å². The molecule has 0 bridgehead atoms. The molecule has 0 aliphatic rings. The highest BCUT2D eigenvalue weighted by Gasteiger charge is 2.19. The summed E-state index contributed by atoms with van der Waals surface area (Å²) in [5.74, 6) is 0. The Labute approximate surface area is 134 Å². The van der Waals surface area contributed by atoms with E-state index in [2.05, 4.69) is 25.6 Å². The van der Waals surface area contributed by atoms with E-state index in [1.165, 1.54) is 12.1 Å². The normalized spacial score (nSPS) is 11.2. The lowest BCUT2D eigenvalue weighted by Crippen LogP contribution is -2.34. The van der Waals surface area contributed by atoms with E-state index in [0.29, 0.717) is 9.47 Å². The highest BCUT2D eigenvalue weighted by atomic mass is 79.9. The molecule has 2 rings (SSSR count). The zero-order chi connectivity index (χ0) is 15.6. The van der Waals surface area contributed by atoms with Gasteiger partial charge in [-0.2, -0.15) is 4.37 Å². The second-order valence-corrected chi connectivity index (χ2v) is 7.54. The Morgan fingerprint density at radius 3 is 2.62 bits per heavy atom. The predicted octanol–water partition coefficient (Wildman–Crippen LogP) is 3.03. The molecule has 2 aromatic rings. The molecule has 0 aliphatic carbocycles. The van der Waals surface area contributed by atoms with Gasteiger partial charge in [0.2, 0.25) is 0 Å². The first-order chi connectivity index (χ1) is 9.79. The van der Waals surface area contributed by atoms with Gasteiger partial charge in [-0.05, 0) is 59.0 Å². The Balaban J connectivity index is 2.13. The quantitative estimate of drug-likeness (QED) is 0.843. The van der Waals surface area contributed by atoms with Crippen LogP contribution in [0.25, 0.3) is 0 Å². The van der Waals surface area contributed by atoms with Crippen LogP contribution in [0.5, 0.6) is 0 Å². The van der Waals surface area contributed by atoms with Gasteiger partial charge >= 0.3 is 6.03 Å². The van der Waals surface area contributed by atoms with Crippen LogP contribution in [0.15, 0.2) is 33.6 Å². The van der Waals surface area contributed by atoms with E-state index in [1.54, 1.807) is 26.0 Å². The fourth-order valence-electron chi connectivity index (χ4n) is 1.53. The number of aryl methyl sites for hydroxylation is 2. The summed E-state index contributed by atoms with van der Waals surface area (Å²) in [6, 6.07) is 5.47. The van der Waals surface area contributed by atoms with Crippen LogP contribution in [0.2, 0.25) is 0 Å². The molecule has 1 heterocycles. The third-order valence-corrected chi connectivity index (χ3v) is 5.96. The van der Waals surface area contributed by atoms with Crippen molar-refractivity contribution >= 4 is 48.5 Å². The number of anilines is 1. The van der Waals surface area contributed by atoms with Gasteiger partial charge in [-0.25, -0.2) is 17.9 Å². The molecule has 0 atom stereocenters. The maximum Gasteiger partial charge on any atom is 0.333 e. The van der Waals surface area contributed by atoms with Crippen molar-refractivity contribution in [2.75, 3.05) is 5.32 Å². The van der Waals surface area contributed by atoms with Gasteiger partial charge in [0.15, 0.2) is 0 Å². The number of rotatable bonds is 3. The maximum absolute atomic E-state index is 12.1. The summed E-state index contributed by atoms with van der Waals surface area (Å²) in [5, 5.41) is 2.90. The molecule has 0 fully saturated rings. The highest BCUT2D eigenvalue weighted by Crippen LogP contribution is 2.29. The van der Waals surface area contributed by atoms with Crippen molar-refractivity contribution in [2.45, 2.75) is 18.7 Å². The smallest absolute Gasteiger partial charge is 0.296 e. The first-order valence-electron chi connectivity index (χ1n) is 5.82. The largest absolute Gasteiger partial charge is 0.333 e. The monoisotopic (exact) mass is 389 g/mol. The zero-order valence-electron chi connectivity index (χ0n) is 11.2. The SMILES string of the molecule is Cc1cccc(S(=O)(=O)NC(=O)Nc2snc(C)c2Br)c1. The third-order valence-electron chi connectivity index (χ3n) is 2.54. The molecule has 21 heavy (non-hydrogen) atoms. The van der Waals surface area contributed by atoms with E-state index in [4.69, 9.17) is 0 Å². The molecule has 6 nitrogen and oxygen atoms in total. The van der Waals surface area contributed by atoms with E-state index < -0.39 is 16.1 Å². The van der Waals surface area contributed by atoms with Crippen molar-refractivity contribution in [1.82, 2.24) is 9.10 Å². The number of carbonyl (C=O) groups is 1. The number of nitrogens with zero attached hydrogens (tertiary/aromatic N) is 1. The Morgan fingerprint density at radius 1 is 1.33 bits per heavy atom. The predicted molar refractivity (Wildman–Crippen MR) is 85.1 cm³/mol. The minimum absolute atomic E-state index is 0.0391. The second-order valence-electron chi connectivity index (χ2n) is 4.29. The molecule has 0 unspecified atom stereocenters. The van der Waals surface area contributed by atoms with Gasteiger partial charge in [0, 0.05) is 0 Å².